The lowest BCUT2D eigenvalue weighted by atomic mass is 10.0. The third kappa shape index (κ3) is 3.51. The molecule has 0 aromatic rings. The van der Waals surface area contributed by atoms with Crippen molar-refractivity contribution in [2.45, 2.75) is 38.8 Å². The number of hydrogen-bond acceptors (Lipinski definition) is 3. The molecule has 0 aromatic heterocycles. The van der Waals surface area contributed by atoms with Gasteiger partial charge in [-0.2, -0.15) is 0 Å². The first-order valence-electron chi connectivity index (χ1n) is 5.33. The zero-order chi connectivity index (χ0) is 11.4. The van der Waals surface area contributed by atoms with Crippen LogP contribution >= 0.6 is 0 Å². The molecule has 2 atom stereocenters. The number of carbonyl (C=O) groups is 2. The Morgan fingerprint density at radius 2 is 2.33 bits per heavy atom. The highest BCUT2D eigenvalue weighted by Crippen LogP contribution is 2.05. The number of nitrogens with two attached hydrogens (primary N) is 1. The van der Waals surface area contributed by atoms with Gasteiger partial charge in [-0.05, 0) is 12.3 Å². The first kappa shape index (κ1) is 12.0. The molecular weight excluding hydrogens is 194 g/mol. The molecule has 2 unspecified atom stereocenters. The van der Waals surface area contributed by atoms with Crippen molar-refractivity contribution in [2.24, 2.45) is 11.7 Å². The van der Waals surface area contributed by atoms with Crippen LogP contribution in [-0.2, 0) is 9.59 Å². The molecule has 5 nitrogen and oxygen atoms in total. The van der Waals surface area contributed by atoms with Crippen molar-refractivity contribution in [1.29, 1.82) is 0 Å². The smallest absolute Gasteiger partial charge is 0.237 e. The lowest BCUT2D eigenvalue weighted by Crippen LogP contribution is -2.47. The highest BCUT2D eigenvalue weighted by molar-refractivity contribution is 5.82. The molecule has 1 fully saturated rings. The fourth-order valence-electron chi connectivity index (χ4n) is 1.47. The van der Waals surface area contributed by atoms with E-state index in [0.29, 0.717) is 13.0 Å². The molecule has 2 amide bonds. The maximum atomic E-state index is 11.5. The van der Waals surface area contributed by atoms with Gasteiger partial charge in [-0.3, -0.25) is 9.59 Å². The Labute approximate surface area is 89.8 Å². The topological polar surface area (TPSA) is 84.2 Å². The summed E-state index contributed by atoms with van der Waals surface area (Å²) in [6.45, 7) is 4.29. The van der Waals surface area contributed by atoms with Crippen LogP contribution in [0.1, 0.15) is 26.7 Å². The average molecular weight is 213 g/mol. The first-order valence-corrected chi connectivity index (χ1v) is 5.33. The van der Waals surface area contributed by atoms with E-state index in [1.54, 1.807) is 0 Å². The molecule has 0 aliphatic carbocycles. The SMILES string of the molecule is CC(C)C(N)C(=O)NCC1CCC(=O)N1. The second kappa shape index (κ2) is 5.11. The Hall–Kier alpha value is -1.10. The molecule has 0 radical (unpaired) electrons. The van der Waals surface area contributed by atoms with Crippen LogP contribution in [0.2, 0.25) is 0 Å². The van der Waals surface area contributed by atoms with Crippen LogP contribution in [0, 0.1) is 5.92 Å². The summed E-state index contributed by atoms with van der Waals surface area (Å²) >= 11 is 0. The van der Waals surface area contributed by atoms with Gasteiger partial charge < -0.3 is 16.4 Å². The Bertz CT molecular complexity index is 253. The maximum absolute atomic E-state index is 11.5. The average Bonchev–Trinajstić information content (AvgIpc) is 2.59. The molecular formula is C10H19N3O2. The van der Waals surface area contributed by atoms with E-state index >= 15 is 0 Å². The number of amides is 2. The second-order valence-corrected chi connectivity index (χ2v) is 4.32. The minimum atomic E-state index is -0.470. The zero-order valence-electron chi connectivity index (χ0n) is 9.25. The molecule has 0 spiro atoms. The van der Waals surface area contributed by atoms with Crippen LogP contribution in [0.4, 0.5) is 0 Å². The minimum absolute atomic E-state index is 0.0578. The number of hydrogen-bond donors (Lipinski definition) is 3. The van der Waals surface area contributed by atoms with Crippen molar-refractivity contribution in [3.8, 4) is 0 Å². The molecule has 1 aliphatic rings. The molecule has 1 heterocycles. The van der Waals surface area contributed by atoms with Crippen LogP contribution in [0.25, 0.3) is 0 Å². The molecule has 15 heavy (non-hydrogen) atoms. The number of rotatable bonds is 4. The summed E-state index contributed by atoms with van der Waals surface area (Å²) < 4.78 is 0. The Morgan fingerprint density at radius 3 is 2.80 bits per heavy atom. The van der Waals surface area contributed by atoms with E-state index in [1.165, 1.54) is 0 Å². The number of carbonyl (C=O) groups excluding carboxylic acids is 2. The van der Waals surface area contributed by atoms with Crippen LogP contribution in [0.3, 0.4) is 0 Å². The molecule has 1 rings (SSSR count). The van der Waals surface area contributed by atoms with Crippen molar-refractivity contribution in [3.63, 3.8) is 0 Å². The highest BCUT2D eigenvalue weighted by Gasteiger charge is 2.22. The molecule has 0 saturated carbocycles. The van der Waals surface area contributed by atoms with Crippen molar-refractivity contribution in [2.75, 3.05) is 6.54 Å². The Morgan fingerprint density at radius 1 is 1.67 bits per heavy atom. The minimum Gasteiger partial charge on any atom is -0.353 e. The van der Waals surface area contributed by atoms with Crippen LogP contribution in [0.15, 0.2) is 0 Å². The molecule has 4 N–H and O–H groups in total. The van der Waals surface area contributed by atoms with E-state index in [-0.39, 0.29) is 23.8 Å². The van der Waals surface area contributed by atoms with Gasteiger partial charge in [0.05, 0.1) is 6.04 Å². The van der Waals surface area contributed by atoms with Crippen LogP contribution in [0.5, 0.6) is 0 Å². The summed E-state index contributed by atoms with van der Waals surface area (Å²) in [6, 6.07) is -0.400. The largest absolute Gasteiger partial charge is 0.353 e. The number of nitrogens with one attached hydrogen (secondary N) is 2. The van der Waals surface area contributed by atoms with Gasteiger partial charge in [0.25, 0.3) is 0 Å². The van der Waals surface area contributed by atoms with Crippen molar-refractivity contribution in [1.82, 2.24) is 10.6 Å². The van der Waals surface area contributed by atoms with Gasteiger partial charge in [-0.25, -0.2) is 0 Å². The van der Waals surface area contributed by atoms with Gasteiger partial charge in [0.1, 0.15) is 0 Å². The Balaban J connectivity index is 2.25. The third-order valence-electron chi connectivity index (χ3n) is 2.63. The zero-order valence-corrected chi connectivity index (χ0v) is 9.25. The molecule has 86 valence electrons. The normalized spacial score (nSPS) is 22.7. The van der Waals surface area contributed by atoms with Gasteiger partial charge in [0, 0.05) is 19.0 Å². The summed E-state index contributed by atoms with van der Waals surface area (Å²) in [5.41, 5.74) is 5.67. The second-order valence-electron chi connectivity index (χ2n) is 4.32. The quantitative estimate of drug-likeness (QED) is 0.581. The third-order valence-corrected chi connectivity index (χ3v) is 2.63. The Kier molecular flexibility index (Phi) is 4.08. The van der Waals surface area contributed by atoms with Crippen molar-refractivity contribution < 1.29 is 9.59 Å². The molecule has 0 aromatic carbocycles. The van der Waals surface area contributed by atoms with Gasteiger partial charge in [0.15, 0.2) is 0 Å². The van der Waals surface area contributed by atoms with E-state index in [4.69, 9.17) is 5.73 Å². The summed E-state index contributed by atoms with van der Waals surface area (Å²) in [6.07, 6.45) is 1.34. The van der Waals surface area contributed by atoms with E-state index < -0.39 is 6.04 Å². The first-order chi connectivity index (χ1) is 7.00. The van der Waals surface area contributed by atoms with Gasteiger partial charge in [0.2, 0.25) is 11.8 Å². The van der Waals surface area contributed by atoms with E-state index in [9.17, 15) is 9.59 Å². The summed E-state index contributed by atoms with van der Waals surface area (Å²) in [5.74, 6) is 0.0386. The van der Waals surface area contributed by atoms with Gasteiger partial charge >= 0.3 is 0 Å². The predicted octanol–water partition coefficient (Wildman–Crippen LogP) is -0.635. The van der Waals surface area contributed by atoms with Gasteiger partial charge in [-0.1, -0.05) is 13.8 Å². The van der Waals surface area contributed by atoms with E-state index in [2.05, 4.69) is 10.6 Å². The van der Waals surface area contributed by atoms with Gasteiger partial charge in [-0.15, -0.1) is 0 Å². The van der Waals surface area contributed by atoms with E-state index in [1.807, 2.05) is 13.8 Å². The lowest BCUT2D eigenvalue weighted by Gasteiger charge is -2.17. The maximum Gasteiger partial charge on any atom is 0.237 e. The highest BCUT2D eigenvalue weighted by atomic mass is 16.2. The molecule has 1 aliphatic heterocycles. The van der Waals surface area contributed by atoms with E-state index in [0.717, 1.165) is 6.42 Å². The fourth-order valence-corrected chi connectivity index (χ4v) is 1.47. The predicted molar refractivity (Wildman–Crippen MR) is 57.0 cm³/mol. The summed E-state index contributed by atoms with van der Waals surface area (Å²) in [5, 5.41) is 5.53. The molecule has 5 heteroatoms. The summed E-state index contributed by atoms with van der Waals surface area (Å²) in [7, 11) is 0. The van der Waals surface area contributed by atoms with Crippen LogP contribution in [-0.4, -0.2) is 30.4 Å². The lowest BCUT2D eigenvalue weighted by molar-refractivity contribution is -0.123. The fraction of sp³-hybridized carbons (Fsp3) is 0.800. The summed E-state index contributed by atoms with van der Waals surface area (Å²) in [4.78, 5) is 22.4. The molecule has 0 bridgehead atoms. The molecule has 1 saturated heterocycles. The van der Waals surface area contributed by atoms with Crippen LogP contribution < -0.4 is 16.4 Å². The standard InChI is InChI=1S/C10H19N3O2/c1-6(2)9(11)10(15)12-5-7-3-4-8(14)13-7/h6-7,9H,3-5,11H2,1-2H3,(H,12,15)(H,13,14). The monoisotopic (exact) mass is 213 g/mol. The van der Waals surface area contributed by atoms with Crippen molar-refractivity contribution in [3.05, 3.63) is 0 Å². The van der Waals surface area contributed by atoms with Crippen molar-refractivity contribution >= 4 is 11.8 Å².